The van der Waals surface area contributed by atoms with Gasteiger partial charge >= 0.3 is 0 Å². The van der Waals surface area contributed by atoms with Crippen molar-refractivity contribution in [2.45, 2.75) is 64.5 Å². The molecule has 23 heavy (non-hydrogen) atoms. The van der Waals surface area contributed by atoms with Gasteiger partial charge in [0.25, 0.3) is 0 Å². The molecule has 1 aliphatic heterocycles. The van der Waals surface area contributed by atoms with Gasteiger partial charge in [-0.1, -0.05) is 0 Å². The number of carbonyl (C=O) groups excluding carboxylic acids is 2. The summed E-state index contributed by atoms with van der Waals surface area (Å²) in [5, 5.41) is 14.7. The Hall–Kier alpha value is -1.10. The fourth-order valence-corrected chi connectivity index (χ4v) is 5.17. The normalized spacial score (nSPS) is 40.1. The van der Waals surface area contributed by atoms with E-state index in [1.165, 1.54) is 0 Å². The Labute approximate surface area is 138 Å². The van der Waals surface area contributed by atoms with E-state index in [1.807, 2.05) is 0 Å². The van der Waals surface area contributed by atoms with Gasteiger partial charge in [-0.15, -0.1) is 0 Å². The second kappa shape index (κ2) is 6.80. The third-order valence-corrected chi connectivity index (χ3v) is 6.58. The van der Waals surface area contributed by atoms with Crippen LogP contribution in [-0.4, -0.2) is 37.0 Å². The SMILES string of the molecule is CC(C)[NH+]1CCC(NC(=O)[C@H]2C3CCC(CC3)[C@H]2C(=O)[O-])CC1. The fraction of sp³-hybridized carbons (Fsp3) is 0.889. The molecule has 1 amide bonds. The molecule has 1 saturated heterocycles. The fourth-order valence-electron chi connectivity index (χ4n) is 5.17. The molecule has 0 radical (unpaired) electrons. The molecule has 0 aromatic rings. The quantitative estimate of drug-likeness (QED) is 0.723. The van der Waals surface area contributed by atoms with Gasteiger partial charge in [0.05, 0.1) is 19.1 Å². The van der Waals surface area contributed by atoms with E-state index in [-0.39, 0.29) is 29.7 Å². The Kier molecular flexibility index (Phi) is 4.95. The smallest absolute Gasteiger partial charge is 0.224 e. The molecule has 2 atom stereocenters. The van der Waals surface area contributed by atoms with Gasteiger partial charge in [-0.25, -0.2) is 0 Å². The summed E-state index contributed by atoms with van der Waals surface area (Å²) >= 11 is 0. The highest BCUT2D eigenvalue weighted by atomic mass is 16.4. The van der Waals surface area contributed by atoms with Crippen LogP contribution in [0.5, 0.6) is 0 Å². The lowest BCUT2D eigenvalue weighted by atomic mass is 9.58. The van der Waals surface area contributed by atoms with Crippen LogP contribution in [0.2, 0.25) is 0 Å². The summed E-state index contributed by atoms with van der Waals surface area (Å²) in [7, 11) is 0. The molecule has 130 valence electrons. The van der Waals surface area contributed by atoms with Crippen LogP contribution in [0.1, 0.15) is 52.4 Å². The average molecular weight is 322 g/mol. The molecule has 0 aromatic carbocycles. The summed E-state index contributed by atoms with van der Waals surface area (Å²) in [6, 6.07) is 0.844. The van der Waals surface area contributed by atoms with Gasteiger partial charge in [0.2, 0.25) is 5.91 Å². The molecular weight excluding hydrogens is 292 g/mol. The first-order chi connectivity index (χ1) is 11.0. The van der Waals surface area contributed by atoms with Crippen molar-refractivity contribution >= 4 is 11.9 Å². The van der Waals surface area contributed by atoms with E-state index in [2.05, 4.69) is 19.2 Å². The van der Waals surface area contributed by atoms with Crippen molar-refractivity contribution in [1.82, 2.24) is 5.32 Å². The minimum absolute atomic E-state index is 0.0217. The zero-order chi connectivity index (χ0) is 16.6. The van der Waals surface area contributed by atoms with E-state index in [0.29, 0.717) is 6.04 Å². The topological polar surface area (TPSA) is 73.7 Å². The summed E-state index contributed by atoms with van der Waals surface area (Å²) in [5.74, 6) is -1.57. The summed E-state index contributed by atoms with van der Waals surface area (Å²) in [4.78, 5) is 25.9. The third kappa shape index (κ3) is 3.39. The van der Waals surface area contributed by atoms with Crippen molar-refractivity contribution in [3.05, 3.63) is 0 Å². The number of likely N-dealkylation sites (tertiary alicyclic amines) is 1. The van der Waals surface area contributed by atoms with E-state index in [1.54, 1.807) is 4.90 Å². The number of hydrogen-bond donors (Lipinski definition) is 2. The molecule has 4 rings (SSSR count). The van der Waals surface area contributed by atoms with Crippen molar-refractivity contribution in [3.8, 4) is 0 Å². The summed E-state index contributed by atoms with van der Waals surface area (Å²) in [5.41, 5.74) is 0. The molecule has 3 aliphatic carbocycles. The first kappa shape index (κ1) is 16.7. The van der Waals surface area contributed by atoms with Crippen molar-refractivity contribution < 1.29 is 19.6 Å². The number of fused-ring (bicyclic) bond motifs is 3. The summed E-state index contributed by atoms with van der Waals surface area (Å²) < 4.78 is 0. The van der Waals surface area contributed by atoms with Gasteiger partial charge in [0.15, 0.2) is 0 Å². The van der Waals surface area contributed by atoms with Crippen molar-refractivity contribution in [2.75, 3.05) is 13.1 Å². The minimum Gasteiger partial charge on any atom is -0.550 e. The number of carbonyl (C=O) groups is 2. The molecular formula is C18H30N2O3. The summed E-state index contributed by atoms with van der Waals surface area (Å²) in [6.07, 6.45) is 5.89. The standard InChI is InChI=1S/C18H30N2O3/c1-11(2)20-9-7-14(8-10-20)19-17(21)15-12-3-5-13(6-4-12)16(15)18(22)23/h11-16H,3-10H2,1-2H3,(H,19,21)(H,22,23)/t12?,13?,15-,16+/m0/s1. The zero-order valence-electron chi connectivity index (χ0n) is 14.3. The first-order valence-corrected chi connectivity index (χ1v) is 9.33. The predicted octanol–water partition coefficient (Wildman–Crippen LogP) is -0.639. The molecule has 0 unspecified atom stereocenters. The molecule has 0 spiro atoms. The van der Waals surface area contributed by atoms with Crippen molar-refractivity contribution in [1.29, 1.82) is 0 Å². The van der Waals surface area contributed by atoms with E-state index >= 15 is 0 Å². The van der Waals surface area contributed by atoms with Gasteiger partial charge in [-0.2, -0.15) is 0 Å². The average Bonchev–Trinajstić information content (AvgIpc) is 2.55. The molecule has 3 saturated carbocycles. The maximum Gasteiger partial charge on any atom is 0.224 e. The molecule has 4 aliphatic rings. The van der Waals surface area contributed by atoms with Gasteiger partial charge in [-0.3, -0.25) is 4.79 Å². The second-order valence-corrected chi connectivity index (χ2v) is 8.14. The van der Waals surface area contributed by atoms with E-state index in [0.717, 1.165) is 51.6 Å². The number of carboxylic acid groups (broad SMARTS) is 1. The monoisotopic (exact) mass is 322 g/mol. The lowest BCUT2D eigenvalue weighted by molar-refractivity contribution is -0.926. The van der Waals surface area contributed by atoms with Crippen LogP contribution in [0, 0.1) is 23.7 Å². The molecule has 5 nitrogen and oxygen atoms in total. The van der Waals surface area contributed by atoms with Crippen LogP contribution in [0.15, 0.2) is 0 Å². The maximum absolute atomic E-state index is 12.8. The Balaban J connectivity index is 1.60. The number of rotatable bonds is 4. The van der Waals surface area contributed by atoms with Crippen LogP contribution in [0.4, 0.5) is 0 Å². The Bertz CT molecular complexity index is 449. The lowest BCUT2D eigenvalue weighted by Crippen LogP contribution is -3.16. The van der Waals surface area contributed by atoms with Gasteiger partial charge in [0.1, 0.15) is 0 Å². The first-order valence-electron chi connectivity index (χ1n) is 9.33. The number of quaternary nitrogens is 1. The third-order valence-electron chi connectivity index (χ3n) is 6.58. The van der Waals surface area contributed by atoms with Crippen LogP contribution in [0.25, 0.3) is 0 Å². The van der Waals surface area contributed by atoms with Crippen molar-refractivity contribution in [3.63, 3.8) is 0 Å². The zero-order valence-corrected chi connectivity index (χ0v) is 14.3. The Morgan fingerprint density at radius 1 is 0.957 bits per heavy atom. The van der Waals surface area contributed by atoms with E-state index in [9.17, 15) is 14.7 Å². The molecule has 4 fully saturated rings. The second-order valence-electron chi connectivity index (χ2n) is 8.14. The molecule has 1 heterocycles. The Morgan fingerprint density at radius 2 is 1.48 bits per heavy atom. The predicted molar refractivity (Wildman–Crippen MR) is 84.4 cm³/mol. The summed E-state index contributed by atoms with van der Waals surface area (Å²) in [6.45, 7) is 6.64. The van der Waals surface area contributed by atoms with Gasteiger partial charge in [-0.05, 0) is 51.4 Å². The molecule has 5 heteroatoms. The Morgan fingerprint density at radius 3 is 1.96 bits per heavy atom. The highest BCUT2D eigenvalue weighted by Crippen LogP contribution is 2.48. The van der Waals surface area contributed by atoms with Crippen LogP contribution in [-0.2, 0) is 9.59 Å². The number of amides is 1. The number of piperidine rings is 1. The number of aliphatic carboxylic acids is 1. The minimum atomic E-state index is -1.02. The highest BCUT2D eigenvalue weighted by Gasteiger charge is 2.47. The molecule has 2 bridgehead atoms. The van der Waals surface area contributed by atoms with E-state index in [4.69, 9.17) is 0 Å². The molecule has 2 N–H and O–H groups in total. The number of hydrogen-bond acceptors (Lipinski definition) is 3. The number of nitrogens with one attached hydrogen (secondary N) is 2. The van der Waals surface area contributed by atoms with E-state index < -0.39 is 11.9 Å². The van der Waals surface area contributed by atoms with Gasteiger partial charge < -0.3 is 20.1 Å². The van der Waals surface area contributed by atoms with Crippen LogP contribution >= 0.6 is 0 Å². The van der Waals surface area contributed by atoms with Gasteiger partial charge in [0, 0.05) is 36.7 Å². The molecule has 0 aromatic heterocycles. The number of carboxylic acids is 1. The van der Waals surface area contributed by atoms with Crippen LogP contribution < -0.4 is 15.3 Å². The maximum atomic E-state index is 12.8. The highest BCUT2D eigenvalue weighted by molar-refractivity contribution is 5.85. The van der Waals surface area contributed by atoms with Crippen molar-refractivity contribution in [2.24, 2.45) is 23.7 Å². The lowest BCUT2D eigenvalue weighted by Gasteiger charge is -2.48. The van der Waals surface area contributed by atoms with Crippen LogP contribution in [0.3, 0.4) is 0 Å². The largest absolute Gasteiger partial charge is 0.550 e.